The monoisotopic (exact) mass is 255 g/mol. The van der Waals surface area contributed by atoms with Crippen molar-refractivity contribution in [3.63, 3.8) is 0 Å². The van der Waals surface area contributed by atoms with Crippen LogP contribution in [0.2, 0.25) is 0 Å². The second kappa shape index (κ2) is 5.57. The molecule has 0 atom stereocenters. The van der Waals surface area contributed by atoms with Crippen molar-refractivity contribution in [3.8, 4) is 0 Å². The highest BCUT2D eigenvalue weighted by Gasteiger charge is 2.07. The van der Waals surface area contributed by atoms with E-state index >= 15 is 0 Å². The van der Waals surface area contributed by atoms with Crippen molar-refractivity contribution < 1.29 is 13.2 Å². The average molecular weight is 255 g/mol. The number of aromatic nitrogens is 2. The number of halogens is 3. The van der Waals surface area contributed by atoms with E-state index in [1.54, 1.807) is 6.20 Å². The van der Waals surface area contributed by atoms with Crippen LogP contribution in [-0.2, 0) is 13.1 Å². The Kier molecular flexibility index (Phi) is 3.86. The summed E-state index contributed by atoms with van der Waals surface area (Å²) in [6.45, 7) is -0.180. The zero-order valence-corrected chi connectivity index (χ0v) is 9.54. The first-order valence-electron chi connectivity index (χ1n) is 5.46. The van der Waals surface area contributed by atoms with Crippen molar-refractivity contribution in [2.75, 3.05) is 12.0 Å². The smallest absolute Gasteiger partial charge is 0.163 e. The fourth-order valence-electron chi connectivity index (χ4n) is 1.55. The van der Waals surface area contributed by atoms with Gasteiger partial charge in [-0.25, -0.2) is 13.2 Å². The van der Waals surface area contributed by atoms with Gasteiger partial charge in [-0.3, -0.25) is 4.68 Å². The molecule has 0 saturated heterocycles. The van der Waals surface area contributed by atoms with Crippen molar-refractivity contribution >= 4 is 5.69 Å². The summed E-state index contributed by atoms with van der Waals surface area (Å²) in [7, 11) is 0. The molecule has 2 rings (SSSR count). The molecule has 0 aliphatic heterocycles. The van der Waals surface area contributed by atoms with Gasteiger partial charge >= 0.3 is 0 Å². The molecule has 1 aromatic carbocycles. The topological polar surface area (TPSA) is 29.9 Å². The molecule has 2 aromatic rings. The van der Waals surface area contributed by atoms with Gasteiger partial charge in [0.15, 0.2) is 11.6 Å². The Labute approximate surface area is 102 Å². The SMILES string of the molecule is FCCn1cc(NCc2cccc(F)c2F)cn1. The molecule has 0 aliphatic rings. The zero-order chi connectivity index (χ0) is 13.0. The normalized spacial score (nSPS) is 10.6. The summed E-state index contributed by atoms with van der Waals surface area (Å²) in [4.78, 5) is 0. The number of hydrogen-bond acceptors (Lipinski definition) is 2. The van der Waals surface area contributed by atoms with E-state index in [1.807, 2.05) is 0 Å². The van der Waals surface area contributed by atoms with Crippen LogP contribution >= 0.6 is 0 Å². The second-order valence-electron chi connectivity index (χ2n) is 3.75. The van der Waals surface area contributed by atoms with E-state index in [4.69, 9.17) is 0 Å². The number of anilines is 1. The predicted molar refractivity (Wildman–Crippen MR) is 61.9 cm³/mol. The van der Waals surface area contributed by atoms with Gasteiger partial charge in [-0.05, 0) is 6.07 Å². The van der Waals surface area contributed by atoms with E-state index in [9.17, 15) is 13.2 Å². The summed E-state index contributed by atoms with van der Waals surface area (Å²) in [5, 5.41) is 6.80. The predicted octanol–water partition coefficient (Wildman–Crippen LogP) is 2.74. The van der Waals surface area contributed by atoms with Crippen LogP contribution in [0.1, 0.15) is 5.56 Å². The third kappa shape index (κ3) is 2.82. The Morgan fingerprint density at radius 3 is 2.89 bits per heavy atom. The number of hydrogen-bond donors (Lipinski definition) is 1. The lowest BCUT2D eigenvalue weighted by molar-refractivity contribution is 0.427. The van der Waals surface area contributed by atoms with E-state index in [0.29, 0.717) is 5.69 Å². The van der Waals surface area contributed by atoms with Crippen molar-refractivity contribution in [2.24, 2.45) is 0 Å². The Morgan fingerprint density at radius 1 is 1.28 bits per heavy atom. The standard InChI is InChI=1S/C12H12F3N3/c13-4-5-18-8-10(7-17-18)16-6-9-2-1-3-11(14)12(9)15/h1-3,7-8,16H,4-6H2. The fraction of sp³-hybridized carbons (Fsp3) is 0.250. The van der Waals surface area contributed by atoms with Crippen LogP contribution in [0.4, 0.5) is 18.9 Å². The highest BCUT2D eigenvalue weighted by molar-refractivity contribution is 5.39. The van der Waals surface area contributed by atoms with Gasteiger partial charge in [0, 0.05) is 18.3 Å². The first kappa shape index (κ1) is 12.5. The zero-order valence-electron chi connectivity index (χ0n) is 9.54. The van der Waals surface area contributed by atoms with Gasteiger partial charge in [-0.15, -0.1) is 0 Å². The van der Waals surface area contributed by atoms with Crippen molar-refractivity contribution in [1.29, 1.82) is 0 Å². The summed E-state index contributed by atoms with van der Waals surface area (Å²) in [5.41, 5.74) is 0.861. The second-order valence-corrected chi connectivity index (χ2v) is 3.75. The number of nitrogens with zero attached hydrogens (tertiary/aromatic N) is 2. The lowest BCUT2D eigenvalue weighted by Gasteiger charge is -2.05. The molecule has 0 bridgehead atoms. The number of aryl methyl sites for hydroxylation is 1. The Morgan fingerprint density at radius 2 is 2.11 bits per heavy atom. The molecule has 6 heteroatoms. The summed E-state index contributed by atoms with van der Waals surface area (Å²) in [6, 6.07) is 4.01. The molecule has 18 heavy (non-hydrogen) atoms. The van der Waals surface area contributed by atoms with Gasteiger partial charge in [0.1, 0.15) is 6.67 Å². The third-order valence-corrected chi connectivity index (χ3v) is 2.46. The number of alkyl halides is 1. The summed E-state index contributed by atoms with van der Waals surface area (Å²) in [5.74, 6) is -1.73. The van der Waals surface area contributed by atoms with E-state index in [0.717, 1.165) is 6.07 Å². The van der Waals surface area contributed by atoms with E-state index in [1.165, 1.54) is 23.0 Å². The average Bonchev–Trinajstić information content (AvgIpc) is 2.79. The third-order valence-electron chi connectivity index (χ3n) is 2.46. The van der Waals surface area contributed by atoms with Gasteiger partial charge in [-0.1, -0.05) is 12.1 Å². The maximum atomic E-state index is 13.3. The molecule has 96 valence electrons. The molecule has 1 aromatic heterocycles. The van der Waals surface area contributed by atoms with Gasteiger partial charge in [0.05, 0.1) is 18.4 Å². The Hall–Kier alpha value is -1.98. The molecular formula is C12H12F3N3. The molecule has 0 spiro atoms. The Balaban J connectivity index is 2.00. The number of rotatable bonds is 5. The number of benzene rings is 1. The maximum Gasteiger partial charge on any atom is 0.163 e. The van der Waals surface area contributed by atoms with E-state index in [2.05, 4.69) is 10.4 Å². The van der Waals surface area contributed by atoms with Crippen LogP contribution in [0.3, 0.4) is 0 Å². The van der Waals surface area contributed by atoms with Crippen LogP contribution in [0.25, 0.3) is 0 Å². The van der Waals surface area contributed by atoms with E-state index < -0.39 is 18.3 Å². The summed E-state index contributed by atoms with van der Waals surface area (Å²) >= 11 is 0. The molecule has 0 radical (unpaired) electrons. The first-order valence-corrected chi connectivity index (χ1v) is 5.46. The highest BCUT2D eigenvalue weighted by atomic mass is 19.2. The minimum absolute atomic E-state index is 0.144. The maximum absolute atomic E-state index is 13.3. The highest BCUT2D eigenvalue weighted by Crippen LogP contribution is 2.13. The van der Waals surface area contributed by atoms with Gasteiger partial charge in [-0.2, -0.15) is 5.10 Å². The first-order chi connectivity index (χ1) is 8.70. The van der Waals surface area contributed by atoms with Gasteiger partial charge in [0.25, 0.3) is 0 Å². The fourth-order valence-corrected chi connectivity index (χ4v) is 1.55. The van der Waals surface area contributed by atoms with Crippen LogP contribution in [0.5, 0.6) is 0 Å². The van der Waals surface area contributed by atoms with Crippen LogP contribution in [0.15, 0.2) is 30.6 Å². The number of nitrogens with one attached hydrogen (secondary N) is 1. The van der Waals surface area contributed by atoms with Crippen LogP contribution in [-0.4, -0.2) is 16.5 Å². The molecule has 1 N–H and O–H groups in total. The quantitative estimate of drug-likeness (QED) is 0.890. The van der Waals surface area contributed by atoms with Gasteiger partial charge < -0.3 is 5.32 Å². The molecule has 3 nitrogen and oxygen atoms in total. The minimum atomic E-state index is -0.873. The summed E-state index contributed by atoms with van der Waals surface area (Å²) in [6.07, 6.45) is 3.11. The molecular weight excluding hydrogens is 243 g/mol. The molecule has 0 aliphatic carbocycles. The largest absolute Gasteiger partial charge is 0.378 e. The lowest BCUT2D eigenvalue weighted by Crippen LogP contribution is -2.03. The molecule has 0 amide bonds. The van der Waals surface area contributed by atoms with Crippen molar-refractivity contribution in [3.05, 3.63) is 47.8 Å². The lowest BCUT2D eigenvalue weighted by atomic mass is 10.2. The van der Waals surface area contributed by atoms with Crippen molar-refractivity contribution in [1.82, 2.24) is 9.78 Å². The summed E-state index contributed by atoms with van der Waals surface area (Å²) < 4.78 is 39.8. The van der Waals surface area contributed by atoms with Crippen LogP contribution in [0, 0.1) is 11.6 Å². The molecule has 0 saturated carbocycles. The van der Waals surface area contributed by atoms with E-state index in [-0.39, 0.29) is 18.7 Å². The molecule has 0 unspecified atom stereocenters. The molecule has 1 heterocycles. The minimum Gasteiger partial charge on any atom is -0.378 e. The van der Waals surface area contributed by atoms with Crippen molar-refractivity contribution in [2.45, 2.75) is 13.1 Å². The molecule has 0 fully saturated rings. The Bertz CT molecular complexity index is 525. The van der Waals surface area contributed by atoms with Gasteiger partial charge in [0.2, 0.25) is 0 Å². The van der Waals surface area contributed by atoms with Crippen LogP contribution < -0.4 is 5.32 Å².